The van der Waals surface area contributed by atoms with Crippen LogP contribution in [0.15, 0.2) is 53.9 Å². The number of carbonyl (C=O) groups is 1. The van der Waals surface area contributed by atoms with Crippen LogP contribution in [0.5, 0.6) is 5.75 Å². The smallest absolute Gasteiger partial charge is 0.273 e. The minimum atomic E-state index is -0.314. The highest BCUT2D eigenvalue weighted by atomic mass is 35.5. The average Bonchev–Trinajstić information content (AvgIpc) is 3.14. The lowest BCUT2D eigenvalue weighted by molar-refractivity contribution is 0.0747. The SMILES string of the molecule is CCN(Cc1cccc(F)c1)C(=O)c1csc(COc2ccc(Cl)cc2)n1. The number of benzene rings is 2. The molecule has 2 aromatic carbocycles. The molecule has 3 rings (SSSR count). The summed E-state index contributed by atoms with van der Waals surface area (Å²) >= 11 is 7.22. The number of amides is 1. The highest BCUT2D eigenvalue weighted by Gasteiger charge is 2.18. The second-order valence-corrected chi connectivity index (χ2v) is 7.20. The Labute approximate surface area is 166 Å². The zero-order valence-electron chi connectivity index (χ0n) is 14.7. The maximum Gasteiger partial charge on any atom is 0.273 e. The van der Waals surface area contributed by atoms with E-state index in [2.05, 4.69) is 4.98 Å². The number of hydrogen-bond donors (Lipinski definition) is 0. The van der Waals surface area contributed by atoms with E-state index in [-0.39, 0.29) is 18.3 Å². The molecule has 7 heteroatoms. The Morgan fingerprint density at radius 3 is 2.74 bits per heavy atom. The molecule has 1 aromatic heterocycles. The first kappa shape index (κ1) is 19.3. The van der Waals surface area contributed by atoms with Crippen molar-refractivity contribution >= 4 is 28.8 Å². The molecule has 140 valence electrons. The number of ether oxygens (including phenoxy) is 1. The van der Waals surface area contributed by atoms with Crippen molar-refractivity contribution in [1.82, 2.24) is 9.88 Å². The van der Waals surface area contributed by atoms with Crippen molar-refractivity contribution in [3.05, 3.63) is 81.0 Å². The van der Waals surface area contributed by atoms with Crippen LogP contribution in [0.4, 0.5) is 4.39 Å². The molecule has 0 aliphatic heterocycles. The number of carbonyl (C=O) groups excluding carboxylic acids is 1. The summed E-state index contributed by atoms with van der Waals surface area (Å²) in [7, 11) is 0. The fraction of sp³-hybridized carbons (Fsp3) is 0.200. The first-order valence-corrected chi connectivity index (χ1v) is 9.67. The summed E-state index contributed by atoms with van der Waals surface area (Å²) in [6.45, 7) is 2.99. The fourth-order valence-electron chi connectivity index (χ4n) is 2.50. The Morgan fingerprint density at radius 1 is 1.26 bits per heavy atom. The third-order valence-electron chi connectivity index (χ3n) is 3.88. The number of hydrogen-bond acceptors (Lipinski definition) is 4. The zero-order valence-corrected chi connectivity index (χ0v) is 16.3. The minimum Gasteiger partial charge on any atom is -0.486 e. The largest absolute Gasteiger partial charge is 0.486 e. The second-order valence-electron chi connectivity index (χ2n) is 5.82. The summed E-state index contributed by atoms with van der Waals surface area (Å²) in [6, 6.07) is 13.3. The quantitative estimate of drug-likeness (QED) is 0.545. The Bertz CT molecular complexity index is 914. The maximum absolute atomic E-state index is 13.4. The maximum atomic E-state index is 13.4. The molecule has 0 saturated heterocycles. The van der Waals surface area contributed by atoms with Crippen LogP contribution in [-0.2, 0) is 13.2 Å². The van der Waals surface area contributed by atoms with Crippen LogP contribution in [-0.4, -0.2) is 22.3 Å². The molecular formula is C20H18ClFN2O2S. The summed E-state index contributed by atoms with van der Waals surface area (Å²) in [4.78, 5) is 18.7. The van der Waals surface area contributed by atoms with Crippen LogP contribution in [0.25, 0.3) is 0 Å². The van der Waals surface area contributed by atoms with Gasteiger partial charge in [0, 0.05) is 23.5 Å². The zero-order chi connectivity index (χ0) is 19.2. The van der Waals surface area contributed by atoms with Gasteiger partial charge in [-0.3, -0.25) is 4.79 Å². The van der Waals surface area contributed by atoms with E-state index >= 15 is 0 Å². The summed E-state index contributed by atoms with van der Waals surface area (Å²) in [5, 5.41) is 3.06. The van der Waals surface area contributed by atoms with E-state index in [4.69, 9.17) is 16.3 Å². The van der Waals surface area contributed by atoms with Crippen molar-refractivity contribution in [2.45, 2.75) is 20.1 Å². The van der Waals surface area contributed by atoms with Gasteiger partial charge < -0.3 is 9.64 Å². The minimum absolute atomic E-state index is 0.184. The lowest BCUT2D eigenvalue weighted by Crippen LogP contribution is -2.30. The number of aromatic nitrogens is 1. The first-order chi connectivity index (χ1) is 13.0. The van der Waals surface area contributed by atoms with Crippen LogP contribution in [0.1, 0.15) is 28.0 Å². The van der Waals surface area contributed by atoms with Crippen LogP contribution in [0.2, 0.25) is 5.02 Å². The van der Waals surface area contributed by atoms with Crippen LogP contribution >= 0.6 is 22.9 Å². The first-order valence-electron chi connectivity index (χ1n) is 8.41. The Balaban J connectivity index is 1.63. The molecule has 27 heavy (non-hydrogen) atoms. The van der Waals surface area contributed by atoms with Gasteiger partial charge in [0.25, 0.3) is 5.91 Å². The highest BCUT2D eigenvalue weighted by Crippen LogP contribution is 2.19. The van der Waals surface area contributed by atoms with Gasteiger partial charge in [0.15, 0.2) is 0 Å². The Morgan fingerprint density at radius 2 is 2.04 bits per heavy atom. The van der Waals surface area contributed by atoms with Crippen LogP contribution in [0, 0.1) is 5.82 Å². The van der Waals surface area contributed by atoms with Gasteiger partial charge in [-0.1, -0.05) is 23.7 Å². The Kier molecular flexibility index (Phi) is 6.42. The summed E-state index contributed by atoms with van der Waals surface area (Å²) in [5.74, 6) is 0.186. The molecule has 0 radical (unpaired) electrons. The van der Waals surface area contributed by atoms with Crippen molar-refractivity contribution in [3.8, 4) is 5.75 Å². The van der Waals surface area contributed by atoms with E-state index in [1.807, 2.05) is 6.92 Å². The van der Waals surface area contributed by atoms with Gasteiger partial charge >= 0.3 is 0 Å². The van der Waals surface area contributed by atoms with Gasteiger partial charge in [-0.2, -0.15) is 0 Å². The highest BCUT2D eigenvalue weighted by molar-refractivity contribution is 7.09. The summed E-state index contributed by atoms with van der Waals surface area (Å²) in [6.07, 6.45) is 0. The van der Waals surface area contributed by atoms with Gasteiger partial charge in [0.05, 0.1) is 0 Å². The average molecular weight is 405 g/mol. The fourth-order valence-corrected chi connectivity index (χ4v) is 3.30. The van der Waals surface area contributed by atoms with Gasteiger partial charge in [0.1, 0.15) is 28.9 Å². The molecule has 0 unspecified atom stereocenters. The predicted molar refractivity (Wildman–Crippen MR) is 105 cm³/mol. The molecule has 0 N–H and O–H groups in total. The molecule has 0 bridgehead atoms. The molecule has 1 heterocycles. The molecule has 0 atom stereocenters. The van der Waals surface area contributed by atoms with Gasteiger partial charge in [0.2, 0.25) is 0 Å². The molecular weight excluding hydrogens is 387 g/mol. The van der Waals surface area contributed by atoms with Crippen molar-refractivity contribution in [1.29, 1.82) is 0 Å². The lowest BCUT2D eigenvalue weighted by Gasteiger charge is -2.20. The van der Waals surface area contributed by atoms with Crippen LogP contribution < -0.4 is 4.74 Å². The van der Waals surface area contributed by atoms with Crippen molar-refractivity contribution in [3.63, 3.8) is 0 Å². The normalized spacial score (nSPS) is 10.6. The Hall–Kier alpha value is -2.44. The van der Waals surface area contributed by atoms with E-state index in [9.17, 15) is 9.18 Å². The second kappa shape index (κ2) is 8.97. The molecule has 3 aromatic rings. The molecule has 0 fully saturated rings. The van der Waals surface area contributed by atoms with E-state index < -0.39 is 0 Å². The molecule has 0 spiro atoms. The van der Waals surface area contributed by atoms with E-state index in [0.717, 1.165) is 5.56 Å². The number of thiazole rings is 1. The van der Waals surface area contributed by atoms with E-state index in [1.54, 1.807) is 46.7 Å². The van der Waals surface area contributed by atoms with Crippen LogP contribution in [0.3, 0.4) is 0 Å². The third kappa shape index (κ3) is 5.28. The molecule has 0 saturated carbocycles. The van der Waals surface area contributed by atoms with E-state index in [0.29, 0.717) is 34.6 Å². The van der Waals surface area contributed by atoms with Gasteiger partial charge in [-0.15, -0.1) is 11.3 Å². The van der Waals surface area contributed by atoms with Crippen molar-refractivity contribution < 1.29 is 13.9 Å². The molecule has 0 aliphatic carbocycles. The lowest BCUT2D eigenvalue weighted by atomic mass is 10.2. The third-order valence-corrected chi connectivity index (χ3v) is 4.95. The summed E-state index contributed by atoms with van der Waals surface area (Å²) < 4.78 is 19.0. The molecule has 1 amide bonds. The van der Waals surface area contributed by atoms with Crippen molar-refractivity contribution in [2.24, 2.45) is 0 Å². The molecule has 4 nitrogen and oxygen atoms in total. The standard InChI is InChI=1S/C20H18ClFN2O2S/c1-2-24(11-14-4-3-5-16(22)10-14)20(25)18-13-27-19(23-18)12-26-17-8-6-15(21)7-9-17/h3-10,13H,2,11-12H2,1H3. The summed E-state index contributed by atoms with van der Waals surface area (Å²) in [5.41, 5.74) is 1.11. The van der Waals surface area contributed by atoms with Gasteiger partial charge in [-0.25, -0.2) is 9.37 Å². The number of rotatable bonds is 7. The molecule has 0 aliphatic rings. The van der Waals surface area contributed by atoms with E-state index in [1.165, 1.54) is 23.5 Å². The van der Waals surface area contributed by atoms with Gasteiger partial charge in [-0.05, 0) is 48.9 Å². The monoisotopic (exact) mass is 404 g/mol. The van der Waals surface area contributed by atoms with Crippen molar-refractivity contribution in [2.75, 3.05) is 6.54 Å². The number of halogens is 2. The predicted octanol–water partition coefficient (Wildman–Crippen LogP) is 5.18. The number of nitrogens with zero attached hydrogens (tertiary/aromatic N) is 2. The topological polar surface area (TPSA) is 42.4 Å².